The molecule has 0 spiro atoms. The molecular weight excluding hydrogens is 176 g/mol. The molecule has 0 bridgehead atoms. The normalized spacial score (nSPS) is 17.5. The first-order chi connectivity index (χ1) is 5.86. The lowest BCUT2D eigenvalue weighted by Gasteiger charge is -2.17. The molecule has 0 saturated carbocycles. The summed E-state index contributed by atoms with van der Waals surface area (Å²) in [7, 11) is 0. The molecule has 0 aliphatic rings. The molecule has 13 heavy (non-hydrogen) atoms. The quantitative estimate of drug-likeness (QED) is 0.574. The number of carbonyl (C=O) groups is 2. The summed E-state index contributed by atoms with van der Waals surface area (Å²) in [6.45, 7) is 2.76. The number of rotatable bonds is 5. The summed E-state index contributed by atoms with van der Waals surface area (Å²) >= 11 is 0. The maximum atomic E-state index is 10.6. The van der Waals surface area contributed by atoms with Gasteiger partial charge >= 0.3 is 11.9 Å². The van der Waals surface area contributed by atoms with E-state index >= 15 is 0 Å². The van der Waals surface area contributed by atoms with E-state index in [4.69, 9.17) is 15.3 Å². The molecule has 0 aromatic heterocycles. The van der Waals surface area contributed by atoms with Crippen molar-refractivity contribution >= 4 is 11.9 Å². The fraction of sp³-hybridized carbons (Fsp3) is 0.750. The molecule has 0 amide bonds. The van der Waals surface area contributed by atoms with Crippen LogP contribution < -0.4 is 0 Å². The number of aliphatic hydroxyl groups excluding tert-OH is 1. The second-order valence-corrected chi connectivity index (χ2v) is 3.16. The summed E-state index contributed by atoms with van der Waals surface area (Å²) in [5.74, 6) is -4.35. The van der Waals surface area contributed by atoms with Crippen molar-refractivity contribution < 1.29 is 24.9 Å². The van der Waals surface area contributed by atoms with E-state index in [1.54, 1.807) is 0 Å². The minimum atomic E-state index is -1.18. The van der Waals surface area contributed by atoms with Gasteiger partial charge in [-0.1, -0.05) is 6.92 Å². The molecule has 5 heteroatoms. The van der Waals surface area contributed by atoms with Crippen LogP contribution in [0, 0.1) is 11.8 Å². The van der Waals surface area contributed by atoms with Gasteiger partial charge in [0.15, 0.2) is 0 Å². The molecule has 3 N–H and O–H groups in total. The SMILES string of the molecule is CC(O)CC(C(=O)O)C(C)C(=O)O. The van der Waals surface area contributed by atoms with E-state index in [0.29, 0.717) is 0 Å². The molecule has 0 aliphatic carbocycles. The van der Waals surface area contributed by atoms with Crippen molar-refractivity contribution in [1.82, 2.24) is 0 Å². The highest BCUT2D eigenvalue weighted by molar-refractivity contribution is 5.79. The minimum Gasteiger partial charge on any atom is -0.481 e. The monoisotopic (exact) mass is 190 g/mol. The standard InChI is InChI=1S/C8H14O5/c1-4(9)3-6(8(12)13)5(2)7(10)11/h4-6,9H,3H2,1-2H3,(H,10,11)(H,12,13). The molecule has 76 valence electrons. The Labute approximate surface area is 76.0 Å². The maximum Gasteiger partial charge on any atom is 0.307 e. The van der Waals surface area contributed by atoms with Crippen LogP contribution in [0.15, 0.2) is 0 Å². The lowest BCUT2D eigenvalue weighted by molar-refractivity contribution is -0.154. The van der Waals surface area contributed by atoms with Crippen LogP contribution in [0.25, 0.3) is 0 Å². The Morgan fingerprint density at radius 2 is 1.62 bits per heavy atom. The van der Waals surface area contributed by atoms with E-state index in [2.05, 4.69) is 0 Å². The topological polar surface area (TPSA) is 94.8 Å². The van der Waals surface area contributed by atoms with E-state index in [-0.39, 0.29) is 6.42 Å². The third kappa shape index (κ3) is 3.89. The van der Waals surface area contributed by atoms with Gasteiger partial charge < -0.3 is 15.3 Å². The maximum absolute atomic E-state index is 10.6. The van der Waals surface area contributed by atoms with Gasteiger partial charge in [0, 0.05) is 0 Å². The lowest BCUT2D eigenvalue weighted by atomic mass is 9.89. The molecule has 0 heterocycles. The van der Waals surface area contributed by atoms with Crippen LogP contribution in [0.1, 0.15) is 20.3 Å². The Hall–Kier alpha value is -1.10. The Morgan fingerprint density at radius 1 is 1.15 bits per heavy atom. The highest BCUT2D eigenvalue weighted by atomic mass is 16.4. The Morgan fingerprint density at radius 3 is 1.85 bits per heavy atom. The second kappa shape index (κ2) is 4.81. The predicted molar refractivity (Wildman–Crippen MR) is 44.2 cm³/mol. The van der Waals surface area contributed by atoms with Gasteiger partial charge in [-0.3, -0.25) is 9.59 Å². The molecule has 3 unspecified atom stereocenters. The first-order valence-electron chi connectivity index (χ1n) is 4.00. The van der Waals surface area contributed by atoms with Crippen LogP contribution in [0.3, 0.4) is 0 Å². The third-order valence-corrected chi connectivity index (χ3v) is 1.91. The predicted octanol–water partition coefficient (Wildman–Crippen LogP) is 0.179. The van der Waals surface area contributed by atoms with E-state index < -0.39 is 29.9 Å². The van der Waals surface area contributed by atoms with Crippen LogP contribution in [0.2, 0.25) is 0 Å². The Balaban J connectivity index is 4.42. The number of aliphatic hydroxyl groups is 1. The van der Waals surface area contributed by atoms with Gasteiger partial charge in [0.05, 0.1) is 17.9 Å². The van der Waals surface area contributed by atoms with Crippen molar-refractivity contribution in [2.75, 3.05) is 0 Å². The molecule has 0 fully saturated rings. The average molecular weight is 190 g/mol. The fourth-order valence-electron chi connectivity index (χ4n) is 1.06. The zero-order valence-electron chi connectivity index (χ0n) is 7.60. The first kappa shape index (κ1) is 11.9. The zero-order chi connectivity index (χ0) is 10.6. The molecule has 3 atom stereocenters. The van der Waals surface area contributed by atoms with Gasteiger partial charge in [-0.2, -0.15) is 0 Å². The van der Waals surface area contributed by atoms with Gasteiger partial charge in [-0.15, -0.1) is 0 Å². The van der Waals surface area contributed by atoms with Crippen molar-refractivity contribution in [3.63, 3.8) is 0 Å². The van der Waals surface area contributed by atoms with Gasteiger partial charge in [0.1, 0.15) is 0 Å². The van der Waals surface area contributed by atoms with E-state index in [1.165, 1.54) is 13.8 Å². The number of hydrogen-bond donors (Lipinski definition) is 3. The molecule has 0 aromatic carbocycles. The van der Waals surface area contributed by atoms with Crippen LogP contribution in [-0.4, -0.2) is 33.4 Å². The summed E-state index contributed by atoms with van der Waals surface area (Å²) in [5, 5.41) is 26.2. The van der Waals surface area contributed by atoms with Gasteiger partial charge in [0.2, 0.25) is 0 Å². The summed E-state index contributed by atoms with van der Waals surface area (Å²) < 4.78 is 0. The molecule has 0 aliphatic heterocycles. The smallest absolute Gasteiger partial charge is 0.307 e. The van der Waals surface area contributed by atoms with Crippen LogP contribution in [0.4, 0.5) is 0 Å². The molecule has 5 nitrogen and oxygen atoms in total. The molecule has 0 radical (unpaired) electrons. The molecular formula is C8H14O5. The molecule has 0 aromatic rings. The summed E-state index contributed by atoms with van der Waals surface area (Å²) in [5.41, 5.74) is 0. The zero-order valence-corrected chi connectivity index (χ0v) is 7.60. The summed E-state index contributed by atoms with van der Waals surface area (Å²) in [6.07, 6.45) is -0.842. The van der Waals surface area contributed by atoms with Crippen molar-refractivity contribution in [2.24, 2.45) is 11.8 Å². The Kier molecular flexibility index (Phi) is 4.40. The van der Waals surface area contributed by atoms with Crippen LogP contribution >= 0.6 is 0 Å². The van der Waals surface area contributed by atoms with Crippen LogP contribution in [-0.2, 0) is 9.59 Å². The highest BCUT2D eigenvalue weighted by Gasteiger charge is 2.30. The Bertz CT molecular complexity index is 199. The van der Waals surface area contributed by atoms with Gasteiger partial charge in [-0.05, 0) is 13.3 Å². The summed E-state index contributed by atoms with van der Waals surface area (Å²) in [4.78, 5) is 21.1. The largest absolute Gasteiger partial charge is 0.481 e. The van der Waals surface area contributed by atoms with Gasteiger partial charge in [0.25, 0.3) is 0 Å². The average Bonchev–Trinajstić information content (AvgIpc) is 1.97. The van der Waals surface area contributed by atoms with Crippen molar-refractivity contribution in [3.05, 3.63) is 0 Å². The summed E-state index contributed by atoms with van der Waals surface area (Å²) in [6, 6.07) is 0. The third-order valence-electron chi connectivity index (χ3n) is 1.91. The van der Waals surface area contributed by atoms with Crippen molar-refractivity contribution in [3.8, 4) is 0 Å². The van der Waals surface area contributed by atoms with E-state index in [9.17, 15) is 9.59 Å². The fourth-order valence-corrected chi connectivity index (χ4v) is 1.06. The molecule has 0 rings (SSSR count). The minimum absolute atomic E-state index is 0.0389. The van der Waals surface area contributed by atoms with Gasteiger partial charge in [-0.25, -0.2) is 0 Å². The van der Waals surface area contributed by atoms with E-state index in [1.807, 2.05) is 0 Å². The lowest BCUT2D eigenvalue weighted by Crippen LogP contribution is -2.30. The van der Waals surface area contributed by atoms with Crippen LogP contribution in [0.5, 0.6) is 0 Å². The van der Waals surface area contributed by atoms with Crippen molar-refractivity contribution in [1.29, 1.82) is 0 Å². The van der Waals surface area contributed by atoms with Crippen molar-refractivity contribution in [2.45, 2.75) is 26.4 Å². The number of carboxylic acid groups (broad SMARTS) is 2. The highest BCUT2D eigenvalue weighted by Crippen LogP contribution is 2.18. The number of hydrogen-bond acceptors (Lipinski definition) is 3. The first-order valence-corrected chi connectivity index (χ1v) is 4.00. The number of aliphatic carboxylic acids is 2. The molecule has 0 saturated heterocycles. The second-order valence-electron chi connectivity index (χ2n) is 3.16. The number of carboxylic acids is 2. The van der Waals surface area contributed by atoms with E-state index in [0.717, 1.165) is 0 Å².